The number of methoxy groups -OCH3 is 1. The van der Waals surface area contributed by atoms with E-state index < -0.39 is 0 Å². The van der Waals surface area contributed by atoms with Crippen LogP contribution in [0.2, 0.25) is 0 Å². The average Bonchev–Trinajstić information content (AvgIpc) is 2.97. The lowest BCUT2D eigenvalue weighted by Crippen LogP contribution is -2.07. The molecule has 0 radical (unpaired) electrons. The molecule has 0 atom stereocenters. The summed E-state index contributed by atoms with van der Waals surface area (Å²) in [6, 6.07) is 0. The zero-order chi connectivity index (χ0) is 13.0. The molecule has 2 aromatic rings. The number of nitrogens with one attached hydrogen (secondary N) is 1. The third-order valence-electron chi connectivity index (χ3n) is 2.22. The SMILES string of the molecule is COCCNc1nc(-c2cnc(N(C)C)s2)cs1. The largest absolute Gasteiger partial charge is 0.383 e. The second-order valence-electron chi connectivity index (χ2n) is 3.86. The van der Waals surface area contributed by atoms with Crippen LogP contribution < -0.4 is 10.2 Å². The maximum absolute atomic E-state index is 4.99. The Bertz CT molecular complexity index is 495. The van der Waals surface area contributed by atoms with Gasteiger partial charge in [-0.3, -0.25) is 0 Å². The normalized spacial score (nSPS) is 10.6. The van der Waals surface area contributed by atoms with Crippen molar-refractivity contribution in [3.63, 3.8) is 0 Å². The van der Waals surface area contributed by atoms with Crippen molar-refractivity contribution in [1.29, 1.82) is 0 Å². The fraction of sp³-hybridized carbons (Fsp3) is 0.455. The summed E-state index contributed by atoms with van der Waals surface area (Å²) >= 11 is 3.24. The van der Waals surface area contributed by atoms with E-state index in [9.17, 15) is 0 Å². The van der Waals surface area contributed by atoms with Gasteiger partial charge in [-0.1, -0.05) is 11.3 Å². The monoisotopic (exact) mass is 284 g/mol. The molecule has 2 aromatic heterocycles. The molecular weight excluding hydrogens is 268 g/mol. The van der Waals surface area contributed by atoms with Gasteiger partial charge in [-0.2, -0.15) is 0 Å². The van der Waals surface area contributed by atoms with Crippen LogP contribution in [-0.4, -0.2) is 44.3 Å². The van der Waals surface area contributed by atoms with Crippen molar-refractivity contribution >= 4 is 32.9 Å². The van der Waals surface area contributed by atoms with Crippen LogP contribution in [0, 0.1) is 0 Å². The molecule has 2 heterocycles. The first-order valence-corrected chi connectivity index (χ1v) is 7.22. The smallest absolute Gasteiger partial charge is 0.185 e. The molecule has 1 N–H and O–H groups in total. The van der Waals surface area contributed by atoms with Crippen molar-refractivity contribution in [2.24, 2.45) is 0 Å². The molecule has 0 aliphatic heterocycles. The van der Waals surface area contributed by atoms with Crippen LogP contribution >= 0.6 is 22.7 Å². The van der Waals surface area contributed by atoms with Gasteiger partial charge in [0.2, 0.25) is 0 Å². The molecule has 2 rings (SSSR count). The Hall–Kier alpha value is -1.18. The number of ether oxygens (including phenoxy) is 1. The van der Waals surface area contributed by atoms with Crippen LogP contribution in [-0.2, 0) is 4.74 Å². The van der Waals surface area contributed by atoms with Gasteiger partial charge in [0.15, 0.2) is 10.3 Å². The van der Waals surface area contributed by atoms with E-state index in [-0.39, 0.29) is 0 Å². The number of hydrogen-bond acceptors (Lipinski definition) is 7. The summed E-state index contributed by atoms with van der Waals surface area (Å²) in [7, 11) is 5.66. The van der Waals surface area contributed by atoms with Crippen LogP contribution in [0.1, 0.15) is 0 Å². The molecule has 0 amide bonds. The van der Waals surface area contributed by atoms with E-state index in [0.29, 0.717) is 6.61 Å². The lowest BCUT2D eigenvalue weighted by Gasteiger charge is -2.04. The van der Waals surface area contributed by atoms with Crippen molar-refractivity contribution in [2.45, 2.75) is 0 Å². The Kier molecular flexibility index (Phi) is 4.51. The summed E-state index contributed by atoms with van der Waals surface area (Å²) in [6.45, 7) is 1.45. The highest BCUT2D eigenvalue weighted by atomic mass is 32.1. The first-order valence-electron chi connectivity index (χ1n) is 5.52. The fourth-order valence-corrected chi connectivity index (χ4v) is 2.93. The van der Waals surface area contributed by atoms with E-state index >= 15 is 0 Å². The van der Waals surface area contributed by atoms with Gasteiger partial charge in [-0.25, -0.2) is 9.97 Å². The number of anilines is 2. The maximum atomic E-state index is 4.99. The second-order valence-corrected chi connectivity index (χ2v) is 5.73. The van der Waals surface area contributed by atoms with Gasteiger partial charge in [-0.05, 0) is 0 Å². The molecule has 0 spiro atoms. The minimum Gasteiger partial charge on any atom is -0.383 e. The van der Waals surface area contributed by atoms with Gasteiger partial charge in [0.1, 0.15) is 0 Å². The molecule has 7 heteroatoms. The first kappa shape index (κ1) is 13.3. The van der Waals surface area contributed by atoms with E-state index in [1.807, 2.05) is 30.6 Å². The lowest BCUT2D eigenvalue weighted by molar-refractivity contribution is 0.211. The van der Waals surface area contributed by atoms with Crippen LogP contribution in [0.25, 0.3) is 10.6 Å². The molecular formula is C11H16N4OS2. The van der Waals surface area contributed by atoms with Gasteiger partial charge in [0.05, 0.1) is 17.2 Å². The van der Waals surface area contributed by atoms with Gasteiger partial charge >= 0.3 is 0 Å². The maximum Gasteiger partial charge on any atom is 0.185 e. The van der Waals surface area contributed by atoms with Gasteiger partial charge < -0.3 is 15.0 Å². The zero-order valence-corrected chi connectivity index (χ0v) is 12.3. The Morgan fingerprint density at radius 2 is 2.28 bits per heavy atom. The zero-order valence-electron chi connectivity index (χ0n) is 10.6. The standard InChI is InChI=1S/C11H16N4OS2/c1-15(2)11-13-6-9(18-11)8-7-17-10(14-8)12-4-5-16-3/h6-7H,4-5H2,1-3H3,(H,12,14). The van der Waals surface area contributed by atoms with Crippen LogP contribution in [0.15, 0.2) is 11.6 Å². The molecule has 0 fully saturated rings. The van der Waals surface area contributed by atoms with Crippen molar-refractivity contribution in [2.75, 3.05) is 44.6 Å². The third-order valence-corrected chi connectivity index (χ3v) is 4.20. The number of thiazole rings is 2. The number of hydrogen-bond donors (Lipinski definition) is 1. The number of nitrogens with zero attached hydrogens (tertiary/aromatic N) is 3. The molecule has 0 saturated carbocycles. The van der Waals surface area contributed by atoms with Gasteiger partial charge in [0.25, 0.3) is 0 Å². The predicted molar refractivity (Wildman–Crippen MR) is 77.9 cm³/mol. The van der Waals surface area contributed by atoms with E-state index in [2.05, 4.69) is 15.3 Å². The summed E-state index contributed by atoms with van der Waals surface area (Å²) < 4.78 is 4.99. The summed E-state index contributed by atoms with van der Waals surface area (Å²) in [5, 5.41) is 7.18. The summed E-state index contributed by atoms with van der Waals surface area (Å²) in [5.41, 5.74) is 0.977. The van der Waals surface area contributed by atoms with Crippen LogP contribution in [0.4, 0.5) is 10.3 Å². The number of aromatic nitrogens is 2. The molecule has 0 aromatic carbocycles. The van der Waals surface area contributed by atoms with Crippen molar-refractivity contribution in [1.82, 2.24) is 9.97 Å². The molecule has 0 aliphatic rings. The van der Waals surface area contributed by atoms with Crippen molar-refractivity contribution < 1.29 is 4.74 Å². The molecule has 0 bridgehead atoms. The highest BCUT2D eigenvalue weighted by molar-refractivity contribution is 7.19. The van der Waals surface area contributed by atoms with Gasteiger partial charge in [-0.15, -0.1) is 11.3 Å². The van der Waals surface area contributed by atoms with E-state index in [4.69, 9.17) is 4.74 Å². The minimum atomic E-state index is 0.681. The topological polar surface area (TPSA) is 50.3 Å². The lowest BCUT2D eigenvalue weighted by atomic mass is 10.4. The van der Waals surface area contributed by atoms with Crippen LogP contribution in [0.3, 0.4) is 0 Å². The van der Waals surface area contributed by atoms with Crippen molar-refractivity contribution in [3.05, 3.63) is 11.6 Å². The van der Waals surface area contributed by atoms with E-state index in [1.54, 1.807) is 29.8 Å². The van der Waals surface area contributed by atoms with Crippen LogP contribution in [0.5, 0.6) is 0 Å². The van der Waals surface area contributed by atoms with Gasteiger partial charge in [0, 0.05) is 39.3 Å². The fourth-order valence-electron chi connectivity index (χ4n) is 1.32. The predicted octanol–water partition coefficient (Wildman–Crippen LogP) is 2.39. The Balaban J connectivity index is 2.04. The molecule has 5 nitrogen and oxygen atoms in total. The quantitative estimate of drug-likeness (QED) is 0.825. The molecule has 0 unspecified atom stereocenters. The molecule has 18 heavy (non-hydrogen) atoms. The number of rotatable bonds is 6. The molecule has 0 aliphatic carbocycles. The third kappa shape index (κ3) is 3.18. The Morgan fingerprint density at radius 1 is 1.44 bits per heavy atom. The van der Waals surface area contributed by atoms with Crippen molar-refractivity contribution in [3.8, 4) is 10.6 Å². The minimum absolute atomic E-state index is 0.681. The first-order chi connectivity index (χ1) is 8.70. The highest BCUT2D eigenvalue weighted by Gasteiger charge is 2.09. The van der Waals surface area contributed by atoms with E-state index in [1.165, 1.54) is 0 Å². The Morgan fingerprint density at radius 3 is 2.94 bits per heavy atom. The summed E-state index contributed by atoms with van der Waals surface area (Å²) in [5.74, 6) is 0. The highest BCUT2D eigenvalue weighted by Crippen LogP contribution is 2.32. The molecule has 98 valence electrons. The Labute approximate surface area is 114 Å². The summed E-state index contributed by atoms with van der Waals surface area (Å²) in [4.78, 5) is 12.0. The molecule has 0 saturated heterocycles. The van der Waals surface area contributed by atoms with E-state index in [0.717, 1.165) is 27.4 Å². The second kappa shape index (κ2) is 6.12. The summed E-state index contributed by atoms with van der Waals surface area (Å²) in [6.07, 6.45) is 1.87. The average molecular weight is 284 g/mol.